The van der Waals surface area contributed by atoms with Crippen LogP contribution in [-0.2, 0) is 14.4 Å². The quantitative estimate of drug-likeness (QED) is 0.411. The van der Waals surface area contributed by atoms with Gasteiger partial charge in [-0.15, -0.1) is 0 Å². The maximum Gasteiger partial charge on any atom is 0.242 e. The van der Waals surface area contributed by atoms with Gasteiger partial charge in [0.1, 0.15) is 12.1 Å². The lowest BCUT2D eigenvalue weighted by atomic mass is 9.95. The fourth-order valence-electron chi connectivity index (χ4n) is 2.24. The molecule has 0 saturated carbocycles. The second-order valence-corrected chi connectivity index (χ2v) is 8.17. The Labute approximate surface area is 158 Å². The largest absolute Gasteiger partial charge is 0.354 e. The SMILES string of the molecule is CC(C)[C@@H](NC(=O)[C@@H](C)NC(=O)C(C)(C)C)C(=O)NCCCCCCN. The Morgan fingerprint density at radius 3 is 1.96 bits per heavy atom. The summed E-state index contributed by atoms with van der Waals surface area (Å²) in [6.45, 7) is 12.0. The molecule has 0 aromatic heterocycles. The van der Waals surface area contributed by atoms with Gasteiger partial charge in [-0.05, 0) is 32.2 Å². The molecule has 0 radical (unpaired) electrons. The van der Waals surface area contributed by atoms with Gasteiger partial charge in [0.15, 0.2) is 0 Å². The van der Waals surface area contributed by atoms with Crippen LogP contribution in [0.15, 0.2) is 0 Å². The van der Waals surface area contributed by atoms with Gasteiger partial charge in [-0.2, -0.15) is 0 Å². The Hall–Kier alpha value is -1.63. The zero-order chi connectivity index (χ0) is 20.3. The molecular weight excluding hydrogens is 332 g/mol. The van der Waals surface area contributed by atoms with E-state index in [0.29, 0.717) is 13.1 Å². The maximum atomic E-state index is 12.4. The van der Waals surface area contributed by atoms with Crippen molar-refractivity contribution in [2.24, 2.45) is 17.1 Å². The third-order valence-electron chi connectivity index (χ3n) is 4.10. The molecule has 0 aromatic carbocycles. The second kappa shape index (κ2) is 11.9. The zero-order valence-electron chi connectivity index (χ0n) is 17.3. The van der Waals surface area contributed by atoms with Crippen LogP contribution in [0.25, 0.3) is 0 Å². The summed E-state index contributed by atoms with van der Waals surface area (Å²) in [6.07, 6.45) is 3.97. The number of nitrogens with two attached hydrogens (primary N) is 1. The number of carbonyl (C=O) groups excluding carboxylic acids is 3. The molecule has 0 bridgehead atoms. The molecule has 0 unspecified atom stereocenters. The summed E-state index contributed by atoms with van der Waals surface area (Å²) >= 11 is 0. The van der Waals surface area contributed by atoms with Crippen molar-refractivity contribution in [2.75, 3.05) is 13.1 Å². The van der Waals surface area contributed by atoms with Crippen molar-refractivity contribution >= 4 is 17.7 Å². The highest BCUT2D eigenvalue weighted by molar-refractivity contribution is 5.92. The number of nitrogens with one attached hydrogen (secondary N) is 3. The second-order valence-electron chi connectivity index (χ2n) is 8.17. The minimum Gasteiger partial charge on any atom is -0.354 e. The number of hydrogen-bond donors (Lipinski definition) is 4. The highest BCUT2D eigenvalue weighted by atomic mass is 16.2. The normalized spacial score (nSPS) is 13.8. The lowest BCUT2D eigenvalue weighted by molar-refractivity contribution is -0.134. The van der Waals surface area contributed by atoms with Crippen molar-refractivity contribution in [3.63, 3.8) is 0 Å². The molecule has 0 saturated heterocycles. The van der Waals surface area contributed by atoms with Crippen molar-refractivity contribution in [3.8, 4) is 0 Å². The van der Waals surface area contributed by atoms with Crippen molar-refractivity contribution < 1.29 is 14.4 Å². The van der Waals surface area contributed by atoms with Crippen LogP contribution in [0.1, 0.15) is 67.2 Å². The molecule has 2 atom stereocenters. The minimum atomic E-state index is -0.702. The van der Waals surface area contributed by atoms with Crippen molar-refractivity contribution in [1.29, 1.82) is 0 Å². The van der Waals surface area contributed by atoms with Crippen LogP contribution in [-0.4, -0.2) is 42.9 Å². The fraction of sp³-hybridized carbons (Fsp3) is 0.842. The van der Waals surface area contributed by atoms with Crippen molar-refractivity contribution in [3.05, 3.63) is 0 Å². The van der Waals surface area contributed by atoms with E-state index in [2.05, 4.69) is 16.0 Å². The van der Waals surface area contributed by atoms with Crippen LogP contribution < -0.4 is 21.7 Å². The molecular formula is C19H38N4O3. The van der Waals surface area contributed by atoms with Crippen LogP contribution >= 0.6 is 0 Å². The van der Waals surface area contributed by atoms with E-state index in [4.69, 9.17) is 5.73 Å². The maximum absolute atomic E-state index is 12.4. The first-order valence-electron chi connectivity index (χ1n) is 9.59. The Morgan fingerprint density at radius 1 is 0.885 bits per heavy atom. The van der Waals surface area contributed by atoms with E-state index in [0.717, 1.165) is 25.7 Å². The van der Waals surface area contributed by atoms with Gasteiger partial charge < -0.3 is 21.7 Å². The van der Waals surface area contributed by atoms with Gasteiger partial charge in [-0.25, -0.2) is 0 Å². The van der Waals surface area contributed by atoms with E-state index in [1.807, 2.05) is 13.8 Å². The Morgan fingerprint density at radius 2 is 1.46 bits per heavy atom. The zero-order valence-corrected chi connectivity index (χ0v) is 17.3. The lowest BCUT2D eigenvalue weighted by Gasteiger charge is -2.25. The van der Waals surface area contributed by atoms with Crippen LogP contribution in [0.3, 0.4) is 0 Å². The van der Waals surface area contributed by atoms with Crippen LogP contribution in [0, 0.1) is 11.3 Å². The van der Waals surface area contributed by atoms with Crippen LogP contribution in [0.4, 0.5) is 0 Å². The fourth-order valence-corrected chi connectivity index (χ4v) is 2.24. The monoisotopic (exact) mass is 370 g/mol. The van der Waals surface area contributed by atoms with Crippen molar-refractivity contribution in [2.45, 2.75) is 79.3 Å². The highest BCUT2D eigenvalue weighted by Gasteiger charge is 2.29. The molecule has 7 nitrogen and oxygen atoms in total. The molecule has 26 heavy (non-hydrogen) atoms. The average Bonchev–Trinajstić information content (AvgIpc) is 2.53. The van der Waals surface area contributed by atoms with E-state index < -0.39 is 17.5 Å². The standard InChI is InChI=1S/C19H38N4O3/c1-13(2)15(17(25)21-12-10-8-7-9-11-20)23-16(24)14(3)22-18(26)19(4,5)6/h13-15H,7-12,20H2,1-6H3,(H,21,25)(H,22,26)(H,23,24)/t14-,15-/m1/s1. The lowest BCUT2D eigenvalue weighted by Crippen LogP contribution is -2.55. The predicted octanol–water partition coefficient (Wildman–Crippen LogP) is 1.31. The molecule has 152 valence electrons. The molecule has 0 aromatic rings. The molecule has 5 N–H and O–H groups in total. The molecule has 0 fully saturated rings. The number of hydrogen-bond acceptors (Lipinski definition) is 4. The molecule has 0 heterocycles. The summed E-state index contributed by atoms with van der Waals surface area (Å²) in [7, 11) is 0. The van der Waals surface area contributed by atoms with Gasteiger partial charge in [-0.1, -0.05) is 47.5 Å². The van der Waals surface area contributed by atoms with Gasteiger partial charge >= 0.3 is 0 Å². The predicted molar refractivity (Wildman–Crippen MR) is 104 cm³/mol. The molecule has 7 heteroatoms. The molecule has 0 aliphatic heterocycles. The van der Waals surface area contributed by atoms with Gasteiger partial charge in [0.25, 0.3) is 0 Å². The van der Waals surface area contributed by atoms with Gasteiger partial charge in [0.2, 0.25) is 17.7 Å². The number of amides is 3. The first kappa shape index (κ1) is 24.4. The molecule has 0 aliphatic rings. The third kappa shape index (κ3) is 9.75. The molecule has 0 aliphatic carbocycles. The average molecular weight is 371 g/mol. The summed E-state index contributed by atoms with van der Waals surface area (Å²) < 4.78 is 0. The first-order valence-corrected chi connectivity index (χ1v) is 9.59. The Balaban J connectivity index is 4.50. The Kier molecular flexibility index (Phi) is 11.1. The van der Waals surface area contributed by atoms with E-state index in [1.54, 1.807) is 27.7 Å². The summed E-state index contributed by atoms with van der Waals surface area (Å²) in [4.78, 5) is 36.7. The summed E-state index contributed by atoms with van der Waals surface area (Å²) in [5, 5.41) is 8.31. The minimum absolute atomic E-state index is 0.0540. The van der Waals surface area contributed by atoms with Gasteiger partial charge in [0, 0.05) is 12.0 Å². The summed E-state index contributed by atoms with van der Waals surface area (Å²) in [5.74, 6) is -0.814. The molecule has 0 rings (SSSR count). The van der Waals surface area contributed by atoms with Gasteiger partial charge in [0.05, 0.1) is 0 Å². The number of rotatable bonds is 11. The summed E-state index contributed by atoms with van der Waals surface area (Å²) in [5.41, 5.74) is 4.88. The molecule has 0 spiro atoms. The van der Waals surface area contributed by atoms with E-state index in [-0.39, 0.29) is 23.6 Å². The molecule has 3 amide bonds. The van der Waals surface area contributed by atoms with E-state index >= 15 is 0 Å². The highest BCUT2D eigenvalue weighted by Crippen LogP contribution is 2.13. The van der Waals surface area contributed by atoms with E-state index in [1.165, 1.54) is 0 Å². The first-order chi connectivity index (χ1) is 12.0. The smallest absolute Gasteiger partial charge is 0.242 e. The number of unbranched alkanes of at least 4 members (excludes halogenated alkanes) is 3. The third-order valence-corrected chi connectivity index (χ3v) is 4.10. The van der Waals surface area contributed by atoms with Gasteiger partial charge in [-0.3, -0.25) is 14.4 Å². The summed E-state index contributed by atoms with van der Waals surface area (Å²) in [6, 6.07) is -1.33. The number of carbonyl (C=O) groups is 3. The van der Waals surface area contributed by atoms with Crippen molar-refractivity contribution in [1.82, 2.24) is 16.0 Å². The van der Waals surface area contributed by atoms with Crippen LogP contribution in [0.5, 0.6) is 0 Å². The van der Waals surface area contributed by atoms with Crippen LogP contribution in [0.2, 0.25) is 0 Å². The van der Waals surface area contributed by atoms with E-state index in [9.17, 15) is 14.4 Å². The topological polar surface area (TPSA) is 113 Å². The Bertz CT molecular complexity index is 458.